The van der Waals surface area contributed by atoms with Crippen molar-refractivity contribution in [2.75, 3.05) is 18.4 Å². The van der Waals surface area contributed by atoms with Crippen LogP contribution in [-0.2, 0) is 32.1 Å². The minimum absolute atomic E-state index is 0.0227. The van der Waals surface area contributed by atoms with Gasteiger partial charge >= 0.3 is 0 Å². The lowest BCUT2D eigenvalue weighted by Crippen LogP contribution is -2.65. The van der Waals surface area contributed by atoms with E-state index in [4.69, 9.17) is 23.2 Å². The molecule has 232 valence electrons. The minimum atomic E-state index is -1.22. The normalized spacial score (nSPS) is 18.0. The second-order valence-corrected chi connectivity index (χ2v) is 12.1. The summed E-state index contributed by atoms with van der Waals surface area (Å²) in [5.41, 5.74) is 2.38. The molecular formula is C34H38Cl2N4O4. The number of carbonyl (C=O) groups is 4. The number of piperidine rings is 1. The smallest absolute Gasteiger partial charge is 0.250 e. The van der Waals surface area contributed by atoms with Crippen molar-refractivity contribution in [2.45, 2.75) is 64.1 Å². The van der Waals surface area contributed by atoms with E-state index < -0.39 is 17.5 Å². The molecule has 44 heavy (non-hydrogen) atoms. The Labute approximate surface area is 268 Å². The average Bonchev–Trinajstić information content (AvgIpc) is 3.02. The number of halogens is 2. The van der Waals surface area contributed by atoms with E-state index in [1.54, 1.807) is 43.4 Å². The molecule has 10 heteroatoms. The van der Waals surface area contributed by atoms with E-state index >= 15 is 0 Å². The van der Waals surface area contributed by atoms with Gasteiger partial charge in [0.2, 0.25) is 17.7 Å². The monoisotopic (exact) mass is 636 g/mol. The van der Waals surface area contributed by atoms with Crippen molar-refractivity contribution in [2.24, 2.45) is 0 Å². The highest BCUT2D eigenvalue weighted by atomic mass is 35.5. The summed E-state index contributed by atoms with van der Waals surface area (Å²) in [5.74, 6) is -1.25. The van der Waals surface area contributed by atoms with Crippen LogP contribution in [0.2, 0.25) is 10.0 Å². The molecule has 2 aliphatic heterocycles. The zero-order chi connectivity index (χ0) is 31.9. The third-order valence-electron chi connectivity index (χ3n) is 8.22. The molecule has 2 aliphatic rings. The third kappa shape index (κ3) is 7.86. The van der Waals surface area contributed by atoms with Crippen LogP contribution in [-0.4, -0.2) is 53.1 Å². The van der Waals surface area contributed by atoms with Gasteiger partial charge in [0, 0.05) is 30.8 Å². The number of Topliss-reactive ketones (excluding diaryl/α,β-unsaturated/α-hetero) is 1. The number of aryl methyl sites for hydroxylation is 1. The lowest BCUT2D eigenvalue weighted by molar-refractivity contribution is -0.144. The van der Waals surface area contributed by atoms with Crippen molar-refractivity contribution in [1.29, 1.82) is 0 Å². The predicted molar refractivity (Wildman–Crippen MR) is 175 cm³/mol. The van der Waals surface area contributed by atoms with Gasteiger partial charge in [0.05, 0.1) is 10.7 Å². The summed E-state index contributed by atoms with van der Waals surface area (Å²) < 4.78 is 0. The van der Waals surface area contributed by atoms with Gasteiger partial charge in [-0.25, -0.2) is 0 Å². The molecule has 3 amide bonds. The van der Waals surface area contributed by atoms with Gasteiger partial charge in [-0.05, 0) is 74.2 Å². The number of rotatable bonds is 10. The number of allylic oxidation sites excluding steroid dienone is 5. The zero-order valence-electron chi connectivity index (χ0n) is 25.1. The van der Waals surface area contributed by atoms with Crippen molar-refractivity contribution < 1.29 is 19.2 Å². The fourth-order valence-electron chi connectivity index (χ4n) is 5.53. The Morgan fingerprint density at radius 3 is 2.45 bits per heavy atom. The lowest BCUT2D eigenvalue weighted by atomic mass is 9.85. The average molecular weight is 638 g/mol. The van der Waals surface area contributed by atoms with E-state index in [9.17, 15) is 19.2 Å². The second-order valence-electron chi connectivity index (χ2n) is 11.3. The molecular weight excluding hydrogens is 599 g/mol. The summed E-state index contributed by atoms with van der Waals surface area (Å²) in [7, 11) is 0. The Morgan fingerprint density at radius 1 is 1.05 bits per heavy atom. The number of fused-ring (bicyclic) bond motifs is 1. The number of hydrogen-bond acceptors (Lipinski definition) is 5. The zero-order valence-corrected chi connectivity index (χ0v) is 26.6. The highest BCUT2D eigenvalue weighted by Crippen LogP contribution is 2.31. The van der Waals surface area contributed by atoms with Crippen molar-refractivity contribution in [3.63, 3.8) is 0 Å². The van der Waals surface area contributed by atoms with Gasteiger partial charge in [0.25, 0.3) is 0 Å². The molecule has 2 aromatic carbocycles. The van der Waals surface area contributed by atoms with E-state index in [0.29, 0.717) is 53.7 Å². The van der Waals surface area contributed by atoms with E-state index in [0.717, 1.165) is 16.7 Å². The second kappa shape index (κ2) is 14.8. The van der Waals surface area contributed by atoms with Crippen LogP contribution >= 0.6 is 23.2 Å². The molecule has 0 saturated carbocycles. The molecule has 0 spiro atoms. The maximum Gasteiger partial charge on any atom is 0.250 e. The molecule has 1 atom stereocenters. The van der Waals surface area contributed by atoms with Crippen molar-refractivity contribution in [3.05, 3.63) is 99.6 Å². The van der Waals surface area contributed by atoms with Gasteiger partial charge in [-0.3, -0.25) is 19.2 Å². The van der Waals surface area contributed by atoms with Crippen LogP contribution in [0.4, 0.5) is 5.69 Å². The summed E-state index contributed by atoms with van der Waals surface area (Å²) in [6.45, 7) is 8.41. The molecule has 1 saturated heterocycles. The molecule has 0 aliphatic carbocycles. The van der Waals surface area contributed by atoms with Gasteiger partial charge in [0.15, 0.2) is 5.78 Å². The fourth-order valence-corrected chi connectivity index (χ4v) is 5.96. The van der Waals surface area contributed by atoms with E-state index in [2.05, 4.69) is 22.5 Å². The number of hydrogen-bond donors (Lipinski definition) is 3. The number of ketones is 1. The third-order valence-corrected chi connectivity index (χ3v) is 8.94. The maximum atomic E-state index is 14.1. The van der Waals surface area contributed by atoms with Crippen molar-refractivity contribution >= 4 is 52.4 Å². The molecule has 0 bridgehead atoms. The predicted octanol–water partition coefficient (Wildman–Crippen LogP) is 5.47. The van der Waals surface area contributed by atoms with Gasteiger partial charge < -0.3 is 20.9 Å². The lowest BCUT2D eigenvalue weighted by Gasteiger charge is -2.41. The van der Waals surface area contributed by atoms with Gasteiger partial charge in [-0.1, -0.05) is 78.4 Å². The Bertz CT molecular complexity index is 1510. The first-order valence-corrected chi connectivity index (χ1v) is 15.5. The van der Waals surface area contributed by atoms with E-state index in [-0.39, 0.29) is 37.0 Å². The Kier molecular flexibility index (Phi) is 11.2. The number of anilines is 1. The SMILES string of the molecule is C=C/C=C\C=C(/C)C(=O)CCC(=O)N1Cc2ccccc2C[C@H]1C(=O)NC1(C(=O)Nc2cc(C)c(Cl)cc2Cl)CCNCC1. The molecule has 3 N–H and O–H groups in total. The van der Waals surface area contributed by atoms with Crippen LogP contribution in [0, 0.1) is 6.92 Å². The molecule has 2 heterocycles. The van der Waals surface area contributed by atoms with Crippen LogP contribution < -0.4 is 16.0 Å². The van der Waals surface area contributed by atoms with Crippen LogP contribution in [0.15, 0.2) is 72.9 Å². The largest absolute Gasteiger partial charge is 0.340 e. The first kappa shape index (κ1) is 33.2. The van der Waals surface area contributed by atoms with E-state index in [1.807, 2.05) is 31.2 Å². The summed E-state index contributed by atoms with van der Waals surface area (Å²) in [4.78, 5) is 55.7. The molecule has 0 unspecified atom stereocenters. The molecule has 2 aromatic rings. The Hall–Kier alpha value is -3.72. The maximum absolute atomic E-state index is 14.1. The molecule has 0 aromatic heterocycles. The summed E-state index contributed by atoms with van der Waals surface area (Å²) >= 11 is 12.6. The van der Waals surface area contributed by atoms with Crippen LogP contribution in [0.25, 0.3) is 0 Å². The van der Waals surface area contributed by atoms with E-state index in [1.165, 1.54) is 4.90 Å². The quantitative estimate of drug-likeness (QED) is 0.237. The van der Waals surface area contributed by atoms with Gasteiger partial charge in [-0.2, -0.15) is 0 Å². The van der Waals surface area contributed by atoms with Crippen molar-refractivity contribution in [3.8, 4) is 0 Å². The highest BCUT2D eigenvalue weighted by Gasteiger charge is 2.44. The number of nitrogens with zero attached hydrogens (tertiary/aromatic N) is 1. The van der Waals surface area contributed by atoms with Gasteiger partial charge in [0.1, 0.15) is 11.6 Å². The van der Waals surface area contributed by atoms with Crippen LogP contribution in [0.5, 0.6) is 0 Å². The molecule has 8 nitrogen and oxygen atoms in total. The summed E-state index contributed by atoms with van der Waals surface area (Å²) in [5, 5.41) is 9.98. The molecule has 1 fully saturated rings. The highest BCUT2D eigenvalue weighted by molar-refractivity contribution is 6.37. The van der Waals surface area contributed by atoms with Crippen LogP contribution in [0.1, 0.15) is 49.3 Å². The van der Waals surface area contributed by atoms with Gasteiger partial charge in [-0.15, -0.1) is 0 Å². The Morgan fingerprint density at radius 2 is 1.75 bits per heavy atom. The first-order chi connectivity index (χ1) is 21.0. The molecule has 0 radical (unpaired) electrons. The standard InChI is InChI=1S/C34H38Cl2N4O4/c1-4-5-6-9-22(2)30(41)12-13-31(42)40-21-25-11-8-7-10-24(25)19-29(40)32(43)39-34(14-16-37-17-15-34)33(44)38-28-18-23(3)26(35)20-27(28)36/h4-11,18,20,29,37H,1,12-17,19,21H2,2-3H3,(H,38,44)(H,39,43)/b6-5-,22-9+/t29-/m0/s1. The van der Waals surface area contributed by atoms with Crippen LogP contribution in [0.3, 0.4) is 0 Å². The number of benzene rings is 2. The number of nitrogens with one attached hydrogen (secondary N) is 3. The minimum Gasteiger partial charge on any atom is -0.340 e. The summed E-state index contributed by atoms with van der Waals surface area (Å²) in [6, 6.07) is 10.1. The summed E-state index contributed by atoms with van der Waals surface area (Å²) in [6.07, 6.45) is 7.73. The molecule has 4 rings (SSSR count). The first-order valence-electron chi connectivity index (χ1n) is 14.7. The Balaban J connectivity index is 1.55. The number of amides is 3. The fraction of sp³-hybridized carbons (Fsp3) is 0.353. The number of carbonyl (C=O) groups excluding carboxylic acids is 4. The topological polar surface area (TPSA) is 108 Å². The van der Waals surface area contributed by atoms with Crippen molar-refractivity contribution in [1.82, 2.24) is 15.5 Å².